The number of aromatic nitrogens is 2. The maximum atomic E-state index is 11.7. The molecule has 1 aromatic carbocycles. The van der Waals surface area contributed by atoms with Crippen molar-refractivity contribution in [3.05, 3.63) is 18.2 Å². The number of aromatic amines is 1. The van der Waals surface area contributed by atoms with Gasteiger partial charge < -0.3 is 14.5 Å². The summed E-state index contributed by atoms with van der Waals surface area (Å²) in [5, 5.41) is 2.79. The fourth-order valence-electron chi connectivity index (χ4n) is 6.48. The van der Waals surface area contributed by atoms with E-state index in [1.165, 1.54) is 6.42 Å². The zero-order chi connectivity index (χ0) is 23.7. The Labute approximate surface area is 203 Å². The summed E-state index contributed by atoms with van der Waals surface area (Å²) in [7, 11) is 0. The Hall–Kier alpha value is -1.65. The third-order valence-electron chi connectivity index (χ3n) is 8.38. The molecule has 0 radical (unpaired) electrons. The number of H-pyrrole nitrogens is 1. The highest BCUT2D eigenvalue weighted by molar-refractivity contribution is 7.99. The van der Waals surface area contributed by atoms with Crippen LogP contribution in [0.25, 0.3) is 11.0 Å². The summed E-state index contributed by atoms with van der Waals surface area (Å²) in [4.78, 5) is 32.7. The van der Waals surface area contributed by atoms with Crippen LogP contribution < -0.4 is 5.32 Å². The largest absolute Gasteiger partial charge is 0.335 e. The topological polar surface area (TPSA) is 94.7 Å². The number of amides is 1. The molecule has 2 N–H and O–H groups in total. The second-order valence-electron chi connectivity index (χ2n) is 10.6. The summed E-state index contributed by atoms with van der Waals surface area (Å²) >= 11 is 1.71. The lowest BCUT2D eigenvalue weighted by Gasteiger charge is -2.60. The number of fused-ring (bicyclic) bond motifs is 3. The van der Waals surface area contributed by atoms with Crippen molar-refractivity contribution in [3.63, 3.8) is 0 Å². The van der Waals surface area contributed by atoms with Crippen molar-refractivity contribution in [1.29, 1.82) is 0 Å². The van der Waals surface area contributed by atoms with Gasteiger partial charge in [0.2, 0.25) is 17.6 Å². The van der Waals surface area contributed by atoms with E-state index in [4.69, 9.17) is 19.2 Å². The van der Waals surface area contributed by atoms with Crippen LogP contribution in [-0.4, -0.2) is 39.0 Å². The summed E-state index contributed by atoms with van der Waals surface area (Å²) in [6.07, 6.45) is 4.10. The molecule has 2 unspecified atom stereocenters. The number of rotatable bonds is 4. The minimum absolute atomic E-state index is 0.0651. The summed E-state index contributed by atoms with van der Waals surface area (Å²) in [5.41, 5.74) is 1.10. The highest BCUT2D eigenvalue weighted by Gasteiger charge is 2.69. The molecule has 2 bridgehead atoms. The highest BCUT2D eigenvalue weighted by atomic mass is 32.2. The first-order valence-electron chi connectivity index (χ1n) is 12.5. The number of nitrogens with zero attached hydrogens (tertiary/aromatic N) is 1. The average molecular weight is 488 g/mol. The molecule has 5 aliphatic rings. The van der Waals surface area contributed by atoms with E-state index in [1.807, 2.05) is 19.9 Å². The number of hydrogen-bond donors (Lipinski definition) is 2. The molecule has 1 spiro atoms. The maximum absolute atomic E-state index is 11.7. The van der Waals surface area contributed by atoms with Crippen LogP contribution in [0, 0.1) is 23.7 Å². The van der Waals surface area contributed by atoms with E-state index < -0.39 is 17.7 Å². The molecule has 4 saturated heterocycles. The first kappa shape index (κ1) is 22.8. The number of imidazole rings is 1. The van der Waals surface area contributed by atoms with Crippen LogP contribution in [0.4, 0.5) is 5.95 Å². The third kappa shape index (κ3) is 3.51. The van der Waals surface area contributed by atoms with Crippen LogP contribution in [0.5, 0.6) is 0 Å². The number of ether oxygens (including phenoxy) is 2. The van der Waals surface area contributed by atoms with Crippen molar-refractivity contribution >= 4 is 34.7 Å². The quantitative estimate of drug-likeness (QED) is 0.572. The van der Waals surface area contributed by atoms with Crippen LogP contribution in [0.3, 0.4) is 0 Å². The smallest absolute Gasteiger partial charge is 0.226 e. The Kier molecular flexibility index (Phi) is 5.50. The zero-order valence-electron chi connectivity index (χ0n) is 20.1. The van der Waals surface area contributed by atoms with Crippen molar-refractivity contribution in [3.8, 4) is 0 Å². The molecular formula is C25H33N3O5S. The predicted octanol–water partition coefficient (Wildman–Crippen LogP) is 5.21. The number of carbonyl (C=O) groups excluding carboxylic acids is 1. The van der Waals surface area contributed by atoms with Gasteiger partial charge in [-0.3, -0.25) is 10.1 Å². The van der Waals surface area contributed by atoms with Gasteiger partial charge >= 0.3 is 0 Å². The van der Waals surface area contributed by atoms with Crippen LogP contribution in [0.1, 0.15) is 59.8 Å². The molecule has 5 heterocycles. The molecule has 184 valence electrons. The molecule has 5 fully saturated rings. The van der Waals surface area contributed by atoms with Gasteiger partial charge in [0.05, 0.1) is 11.0 Å². The molecule has 8 nitrogen and oxygen atoms in total. The molecule has 1 aromatic heterocycles. The van der Waals surface area contributed by atoms with Gasteiger partial charge in [0, 0.05) is 23.7 Å². The summed E-state index contributed by atoms with van der Waals surface area (Å²) in [6, 6.07) is 6.11. The lowest BCUT2D eigenvalue weighted by Crippen LogP contribution is -2.70. The SMILES string of the molecule is CCC(=O)Nc1nc2ccc(SC3O[C@@H]4O[C@@]5(C)CC[C@H]6[C@H](C)CCC([C@H]3C)[C@@]46OO5)cc2[nH]1. The van der Waals surface area contributed by atoms with E-state index in [0.717, 1.165) is 35.2 Å². The minimum atomic E-state index is -0.762. The fraction of sp³-hybridized carbons (Fsp3) is 0.680. The fourth-order valence-corrected chi connectivity index (χ4v) is 7.64. The normalized spacial score (nSPS) is 41.2. The predicted molar refractivity (Wildman–Crippen MR) is 128 cm³/mol. The molecule has 8 atom stereocenters. The molecule has 1 aliphatic carbocycles. The van der Waals surface area contributed by atoms with Gasteiger partial charge in [-0.2, -0.15) is 0 Å². The Morgan fingerprint density at radius 3 is 2.91 bits per heavy atom. The molecule has 2 aromatic rings. The number of carbonyl (C=O) groups is 1. The standard InChI is InChI=1S/C25H33N3O5S/c1-5-20(29)28-23-26-18-9-7-15(12-19(18)27-23)34-21-14(3)17-8-6-13(2)16-10-11-24(4)31-22(30-21)25(16,17)33-32-24/h7,9,12-14,16-17,21-22H,5-6,8,10-11H2,1-4H3,(H2,26,27,28,29)/t13-,14-,16+,17?,21?,22-,24-,25-/m1/s1. The molecule has 4 aliphatic heterocycles. The monoisotopic (exact) mass is 487 g/mol. The molecule has 9 heteroatoms. The second-order valence-corrected chi connectivity index (χ2v) is 11.7. The summed E-state index contributed by atoms with van der Waals surface area (Å²) < 4.78 is 13.2. The molecular weight excluding hydrogens is 454 g/mol. The van der Waals surface area contributed by atoms with Crippen molar-refractivity contribution in [1.82, 2.24) is 9.97 Å². The van der Waals surface area contributed by atoms with Gasteiger partial charge in [-0.1, -0.05) is 32.5 Å². The van der Waals surface area contributed by atoms with Crippen molar-refractivity contribution < 1.29 is 24.0 Å². The number of nitrogens with one attached hydrogen (secondary N) is 2. The third-order valence-corrected chi connectivity index (χ3v) is 9.68. The maximum Gasteiger partial charge on any atom is 0.226 e. The van der Waals surface area contributed by atoms with E-state index in [0.29, 0.717) is 30.1 Å². The van der Waals surface area contributed by atoms with Crippen LogP contribution >= 0.6 is 11.8 Å². The van der Waals surface area contributed by atoms with Crippen molar-refractivity contribution in [2.24, 2.45) is 23.7 Å². The lowest BCUT2D eigenvalue weighted by molar-refractivity contribution is -0.568. The number of thioether (sulfide) groups is 1. The van der Waals surface area contributed by atoms with Crippen LogP contribution in [-0.2, 0) is 24.0 Å². The van der Waals surface area contributed by atoms with Gasteiger partial charge in [0.25, 0.3) is 0 Å². The molecule has 1 saturated carbocycles. The van der Waals surface area contributed by atoms with Gasteiger partial charge in [-0.05, 0) is 62.1 Å². The van der Waals surface area contributed by atoms with Gasteiger partial charge in [-0.25, -0.2) is 14.8 Å². The highest BCUT2D eigenvalue weighted by Crippen LogP contribution is 2.61. The zero-order valence-corrected chi connectivity index (χ0v) is 20.9. The van der Waals surface area contributed by atoms with Crippen molar-refractivity contribution in [2.45, 2.75) is 87.8 Å². The Morgan fingerprint density at radius 1 is 1.24 bits per heavy atom. The van der Waals surface area contributed by atoms with Crippen LogP contribution in [0.15, 0.2) is 23.1 Å². The first-order chi connectivity index (χ1) is 16.3. The van der Waals surface area contributed by atoms with E-state index in [2.05, 4.69) is 41.3 Å². The lowest BCUT2D eigenvalue weighted by atomic mass is 9.58. The van der Waals surface area contributed by atoms with E-state index in [-0.39, 0.29) is 17.3 Å². The van der Waals surface area contributed by atoms with Gasteiger partial charge in [0.15, 0.2) is 11.9 Å². The number of benzene rings is 1. The average Bonchev–Trinajstić information content (AvgIpc) is 3.07. The number of anilines is 1. The van der Waals surface area contributed by atoms with Crippen molar-refractivity contribution in [2.75, 3.05) is 5.32 Å². The van der Waals surface area contributed by atoms with Gasteiger partial charge in [-0.15, -0.1) is 0 Å². The first-order valence-corrected chi connectivity index (χ1v) is 13.4. The summed E-state index contributed by atoms with van der Waals surface area (Å²) in [6.45, 7) is 8.38. The molecule has 1 amide bonds. The van der Waals surface area contributed by atoms with Crippen LogP contribution in [0.2, 0.25) is 0 Å². The van der Waals surface area contributed by atoms with E-state index in [9.17, 15) is 4.79 Å². The van der Waals surface area contributed by atoms with E-state index in [1.54, 1.807) is 11.8 Å². The second kappa shape index (κ2) is 8.20. The Balaban J connectivity index is 1.27. The summed E-state index contributed by atoms with van der Waals surface area (Å²) in [5.74, 6) is 1.14. The number of hydrogen-bond acceptors (Lipinski definition) is 7. The Bertz CT molecular complexity index is 1110. The minimum Gasteiger partial charge on any atom is -0.335 e. The molecule has 34 heavy (non-hydrogen) atoms. The van der Waals surface area contributed by atoms with Gasteiger partial charge in [0.1, 0.15) is 5.44 Å². The van der Waals surface area contributed by atoms with E-state index >= 15 is 0 Å². The molecule has 7 rings (SSSR count). The Morgan fingerprint density at radius 2 is 2.09 bits per heavy atom.